The van der Waals surface area contributed by atoms with Crippen LogP contribution < -0.4 is 15.0 Å². The number of aromatic nitrogens is 1. The Labute approximate surface area is 189 Å². The zero-order valence-corrected chi connectivity index (χ0v) is 18.4. The molecular formula is C24H20ClN3O2S. The normalized spacial score (nSPS) is 10.5. The number of anilines is 3. The number of para-hydroxylation sites is 2. The highest BCUT2D eigenvalue weighted by atomic mass is 35.5. The number of benzene rings is 3. The van der Waals surface area contributed by atoms with E-state index < -0.39 is 0 Å². The predicted molar refractivity (Wildman–Crippen MR) is 127 cm³/mol. The number of amides is 1. The summed E-state index contributed by atoms with van der Waals surface area (Å²) in [6.45, 7) is 1.99. The first-order valence-corrected chi connectivity index (χ1v) is 10.9. The molecular weight excluding hydrogens is 430 g/mol. The smallest absolute Gasteiger partial charge is 0.230 e. The minimum absolute atomic E-state index is 0.0894. The van der Waals surface area contributed by atoms with Crippen molar-refractivity contribution < 1.29 is 9.53 Å². The molecule has 0 saturated carbocycles. The summed E-state index contributed by atoms with van der Waals surface area (Å²) in [6.07, 6.45) is 0. The third-order valence-corrected chi connectivity index (χ3v) is 5.54. The van der Waals surface area contributed by atoms with Crippen LogP contribution in [0.5, 0.6) is 11.5 Å². The largest absolute Gasteiger partial charge is 0.455 e. The van der Waals surface area contributed by atoms with Gasteiger partial charge in [0.15, 0.2) is 10.9 Å². The molecule has 0 fully saturated rings. The van der Waals surface area contributed by atoms with Crippen molar-refractivity contribution in [1.82, 2.24) is 4.98 Å². The number of rotatable bonds is 7. The van der Waals surface area contributed by atoms with Crippen molar-refractivity contribution in [2.24, 2.45) is 0 Å². The number of hydrogen-bond donors (Lipinski definition) is 1. The van der Waals surface area contributed by atoms with Gasteiger partial charge in [-0.2, -0.15) is 0 Å². The highest BCUT2D eigenvalue weighted by Gasteiger charge is 2.17. The number of halogens is 1. The standard InChI is InChI=1S/C24H20ClN3O2S/c1-17(29)28(20-8-4-2-5-9-20)24-27-19(16-31-24)15-26-22-14-18(25)12-13-23(22)30-21-10-6-3-7-11-21/h2-14,16,26H,15H2,1H3. The molecule has 4 rings (SSSR count). The van der Waals surface area contributed by atoms with Gasteiger partial charge >= 0.3 is 0 Å². The van der Waals surface area contributed by atoms with Crippen LogP contribution in [0.2, 0.25) is 5.02 Å². The maximum atomic E-state index is 12.2. The van der Waals surface area contributed by atoms with E-state index in [-0.39, 0.29) is 5.91 Å². The first-order chi connectivity index (χ1) is 15.1. The lowest BCUT2D eigenvalue weighted by Gasteiger charge is -2.17. The summed E-state index contributed by atoms with van der Waals surface area (Å²) in [7, 11) is 0. The van der Waals surface area contributed by atoms with Crippen molar-refractivity contribution in [3.8, 4) is 11.5 Å². The van der Waals surface area contributed by atoms with Gasteiger partial charge in [0.25, 0.3) is 0 Å². The maximum absolute atomic E-state index is 12.2. The van der Waals surface area contributed by atoms with Crippen molar-refractivity contribution in [1.29, 1.82) is 0 Å². The molecule has 1 aromatic heterocycles. The van der Waals surface area contributed by atoms with Crippen LogP contribution in [0.1, 0.15) is 12.6 Å². The van der Waals surface area contributed by atoms with Crippen molar-refractivity contribution in [3.63, 3.8) is 0 Å². The van der Waals surface area contributed by atoms with E-state index in [2.05, 4.69) is 10.3 Å². The number of carbonyl (C=O) groups excluding carboxylic acids is 1. The van der Waals surface area contributed by atoms with Gasteiger partial charge in [-0.05, 0) is 42.5 Å². The van der Waals surface area contributed by atoms with E-state index in [1.54, 1.807) is 11.0 Å². The molecule has 5 nitrogen and oxygen atoms in total. The van der Waals surface area contributed by atoms with Gasteiger partial charge in [-0.3, -0.25) is 9.69 Å². The lowest BCUT2D eigenvalue weighted by atomic mass is 10.2. The molecule has 1 amide bonds. The number of ether oxygens (including phenoxy) is 1. The van der Waals surface area contributed by atoms with E-state index in [9.17, 15) is 4.79 Å². The Bertz CT molecular complexity index is 1170. The number of thiazole rings is 1. The Kier molecular flexibility index (Phi) is 6.50. The molecule has 1 heterocycles. The third kappa shape index (κ3) is 5.23. The van der Waals surface area contributed by atoms with Crippen LogP contribution in [-0.2, 0) is 11.3 Å². The molecule has 156 valence electrons. The quantitative estimate of drug-likeness (QED) is 0.334. The maximum Gasteiger partial charge on any atom is 0.230 e. The number of nitrogens with zero attached hydrogens (tertiary/aromatic N) is 2. The lowest BCUT2D eigenvalue weighted by Crippen LogP contribution is -2.22. The molecule has 0 aliphatic heterocycles. The second-order valence-corrected chi connectivity index (χ2v) is 7.99. The third-order valence-electron chi connectivity index (χ3n) is 4.43. The fraction of sp³-hybridized carbons (Fsp3) is 0.0833. The molecule has 1 N–H and O–H groups in total. The van der Waals surface area contributed by atoms with Gasteiger partial charge in [-0.15, -0.1) is 11.3 Å². The van der Waals surface area contributed by atoms with Gasteiger partial charge < -0.3 is 10.1 Å². The molecule has 0 spiro atoms. The molecule has 0 saturated heterocycles. The lowest BCUT2D eigenvalue weighted by molar-refractivity contribution is -0.115. The first kappa shape index (κ1) is 20.9. The van der Waals surface area contributed by atoms with E-state index in [0.29, 0.717) is 22.4 Å². The van der Waals surface area contributed by atoms with E-state index in [1.807, 2.05) is 78.2 Å². The Hall–Kier alpha value is -3.35. The summed E-state index contributed by atoms with van der Waals surface area (Å²) in [5, 5.41) is 6.51. The SMILES string of the molecule is CC(=O)N(c1ccccc1)c1nc(CNc2cc(Cl)ccc2Oc2ccccc2)cs1. The van der Waals surface area contributed by atoms with Gasteiger partial charge in [-0.1, -0.05) is 48.0 Å². The van der Waals surface area contributed by atoms with Gasteiger partial charge in [0, 0.05) is 17.3 Å². The predicted octanol–water partition coefficient (Wildman–Crippen LogP) is 6.89. The van der Waals surface area contributed by atoms with Crippen molar-refractivity contribution in [2.45, 2.75) is 13.5 Å². The van der Waals surface area contributed by atoms with Crippen LogP contribution in [-0.4, -0.2) is 10.9 Å². The van der Waals surface area contributed by atoms with Crippen LogP contribution in [0, 0.1) is 0 Å². The van der Waals surface area contributed by atoms with Crippen LogP contribution in [0.4, 0.5) is 16.5 Å². The Balaban J connectivity index is 1.51. The Morgan fingerprint density at radius 1 is 1.06 bits per heavy atom. The summed E-state index contributed by atoms with van der Waals surface area (Å²) in [6, 6.07) is 24.5. The van der Waals surface area contributed by atoms with Crippen LogP contribution in [0.3, 0.4) is 0 Å². The molecule has 0 aliphatic carbocycles. The monoisotopic (exact) mass is 449 g/mol. The zero-order chi connectivity index (χ0) is 21.6. The molecule has 0 bridgehead atoms. The van der Waals surface area contributed by atoms with Crippen LogP contribution in [0.25, 0.3) is 0 Å². The summed E-state index contributed by atoms with van der Waals surface area (Å²) >= 11 is 7.62. The molecule has 0 atom stereocenters. The van der Waals surface area contributed by atoms with Gasteiger partial charge in [0.2, 0.25) is 5.91 Å². The van der Waals surface area contributed by atoms with Gasteiger partial charge in [-0.25, -0.2) is 4.98 Å². The Morgan fingerprint density at radius 3 is 2.48 bits per heavy atom. The average molecular weight is 450 g/mol. The molecule has 0 aliphatic rings. The van der Waals surface area contributed by atoms with E-state index in [4.69, 9.17) is 16.3 Å². The summed E-state index contributed by atoms with van der Waals surface area (Å²) in [4.78, 5) is 18.5. The summed E-state index contributed by atoms with van der Waals surface area (Å²) < 4.78 is 5.99. The molecule has 0 unspecified atom stereocenters. The van der Waals surface area contributed by atoms with E-state index >= 15 is 0 Å². The minimum Gasteiger partial charge on any atom is -0.455 e. The average Bonchev–Trinajstić information content (AvgIpc) is 3.23. The van der Waals surface area contributed by atoms with Crippen LogP contribution in [0.15, 0.2) is 84.2 Å². The number of hydrogen-bond acceptors (Lipinski definition) is 5. The second-order valence-electron chi connectivity index (χ2n) is 6.72. The van der Waals surface area contributed by atoms with Crippen molar-refractivity contribution >= 4 is 45.4 Å². The molecule has 31 heavy (non-hydrogen) atoms. The van der Waals surface area contributed by atoms with Gasteiger partial charge in [0.05, 0.1) is 23.6 Å². The zero-order valence-electron chi connectivity index (χ0n) is 16.8. The van der Waals surface area contributed by atoms with Crippen molar-refractivity contribution in [3.05, 3.63) is 95.0 Å². The van der Waals surface area contributed by atoms with E-state index in [0.717, 1.165) is 22.8 Å². The highest BCUT2D eigenvalue weighted by Crippen LogP contribution is 2.33. The van der Waals surface area contributed by atoms with Crippen LogP contribution >= 0.6 is 22.9 Å². The molecule has 3 aromatic carbocycles. The fourth-order valence-corrected chi connectivity index (χ4v) is 4.07. The molecule has 0 radical (unpaired) electrons. The van der Waals surface area contributed by atoms with E-state index in [1.165, 1.54) is 18.3 Å². The number of nitrogens with one attached hydrogen (secondary N) is 1. The molecule has 4 aromatic rings. The van der Waals surface area contributed by atoms with Gasteiger partial charge in [0.1, 0.15) is 5.75 Å². The second kappa shape index (κ2) is 9.64. The summed E-state index contributed by atoms with van der Waals surface area (Å²) in [5.74, 6) is 1.32. The minimum atomic E-state index is -0.0894. The highest BCUT2D eigenvalue weighted by molar-refractivity contribution is 7.14. The summed E-state index contributed by atoms with van der Waals surface area (Å²) in [5.41, 5.74) is 2.36. The molecule has 7 heteroatoms. The Morgan fingerprint density at radius 2 is 1.77 bits per heavy atom. The van der Waals surface area contributed by atoms with Crippen molar-refractivity contribution in [2.75, 3.05) is 10.2 Å². The first-order valence-electron chi connectivity index (χ1n) is 9.66. The topological polar surface area (TPSA) is 54.5 Å². The fourth-order valence-electron chi connectivity index (χ4n) is 3.01. The number of carbonyl (C=O) groups is 1.